The lowest BCUT2D eigenvalue weighted by Crippen LogP contribution is -1.92. The largest absolute Gasteiger partial charge is 0.449 e. The second kappa shape index (κ2) is 5.40. The highest BCUT2D eigenvalue weighted by molar-refractivity contribution is 14.1. The third-order valence-corrected chi connectivity index (χ3v) is 3.18. The predicted octanol–water partition coefficient (Wildman–Crippen LogP) is 3.88. The minimum atomic E-state index is 0.713. The van der Waals surface area contributed by atoms with Crippen LogP contribution in [0.3, 0.4) is 0 Å². The van der Waals surface area contributed by atoms with Crippen LogP contribution in [0.4, 0.5) is 5.69 Å². The molecule has 3 rings (SSSR count). The molecule has 0 fully saturated rings. The van der Waals surface area contributed by atoms with Crippen molar-refractivity contribution in [2.75, 3.05) is 5.43 Å². The van der Waals surface area contributed by atoms with Gasteiger partial charge in [-0.2, -0.15) is 5.10 Å². The average molecular weight is 363 g/mol. The molecule has 19 heavy (non-hydrogen) atoms. The van der Waals surface area contributed by atoms with Crippen LogP contribution >= 0.6 is 22.6 Å². The molecular weight excluding hydrogens is 353 g/mol. The molecule has 3 aromatic rings. The molecule has 4 nitrogen and oxygen atoms in total. The highest BCUT2D eigenvalue weighted by atomic mass is 127. The fourth-order valence-corrected chi connectivity index (χ4v) is 2.19. The second-order valence-corrected chi connectivity index (χ2v) is 4.96. The number of nitrogens with one attached hydrogen (secondary N) is 1. The van der Waals surface area contributed by atoms with Gasteiger partial charge in [-0.1, -0.05) is 18.2 Å². The first kappa shape index (κ1) is 12.2. The van der Waals surface area contributed by atoms with Crippen LogP contribution in [-0.4, -0.2) is 11.2 Å². The zero-order valence-corrected chi connectivity index (χ0v) is 12.0. The summed E-state index contributed by atoms with van der Waals surface area (Å²) < 4.78 is 6.23. The molecule has 0 atom stereocenters. The van der Waals surface area contributed by atoms with Crippen LogP contribution in [0.1, 0.15) is 5.76 Å². The van der Waals surface area contributed by atoms with E-state index >= 15 is 0 Å². The molecule has 2 aromatic heterocycles. The van der Waals surface area contributed by atoms with E-state index < -0.39 is 0 Å². The van der Waals surface area contributed by atoms with Crippen LogP contribution in [0.5, 0.6) is 0 Å². The van der Waals surface area contributed by atoms with E-state index in [4.69, 9.17) is 4.42 Å². The van der Waals surface area contributed by atoms with Crippen LogP contribution in [0, 0.1) is 3.77 Å². The minimum Gasteiger partial charge on any atom is -0.449 e. The van der Waals surface area contributed by atoms with Gasteiger partial charge < -0.3 is 4.42 Å². The molecule has 5 heteroatoms. The van der Waals surface area contributed by atoms with Gasteiger partial charge in [0.2, 0.25) is 0 Å². The van der Waals surface area contributed by atoms with Gasteiger partial charge in [0.05, 0.1) is 17.4 Å². The molecule has 0 radical (unpaired) electrons. The van der Waals surface area contributed by atoms with Gasteiger partial charge >= 0.3 is 0 Å². The molecule has 0 aliphatic rings. The topological polar surface area (TPSA) is 50.4 Å². The standard InChI is InChI=1S/C14H10IN3O/c15-13-7-6-11(19-13)9-17-18-12-5-1-3-10-4-2-8-16-14(10)12/h1-9,18H. The molecule has 1 aromatic carbocycles. The van der Waals surface area contributed by atoms with Crippen molar-refractivity contribution in [1.29, 1.82) is 0 Å². The third kappa shape index (κ3) is 2.76. The third-order valence-electron chi connectivity index (χ3n) is 2.60. The summed E-state index contributed by atoms with van der Waals surface area (Å²) in [6.45, 7) is 0. The second-order valence-electron chi connectivity index (χ2n) is 3.89. The zero-order chi connectivity index (χ0) is 13.1. The summed E-state index contributed by atoms with van der Waals surface area (Å²) in [4.78, 5) is 4.35. The smallest absolute Gasteiger partial charge is 0.164 e. The number of hydrazone groups is 1. The Hall–Kier alpha value is -1.89. The Labute approximate surface area is 123 Å². The van der Waals surface area contributed by atoms with E-state index in [1.54, 1.807) is 12.4 Å². The van der Waals surface area contributed by atoms with Gasteiger partial charge in [-0.05, 0) is 46.9 Å². The van der Waals surface area contributed by atoms with Gasteiger partial charge in [0.25, 0.3) is 0 Å². The normalized spacial score (nSPS) is 11.2. The number of halogens is 1. The number of para-hydroxylation sites is 1. The molecule has 0 spiro atoms. The van der Waals surface area contributed by atoms with Crippen LogP contribution in [-0.2, 0) is 0 Å². The van der Waals surface area contributed by atoms with E-state index in [-0.39, 0.29) is 0 Å². The quantitative estimate of drug-likeness (QED) is 0.437. The van der Waals surface area contributed by atoms with Crippen molar-refractivity contribution < 1.29 is 4.42 Å². The van der Waals surface area contributed by atoms with Crippen LogP contribution in [0.15, 0.2) is 58.2 Å². The fourth-order valence-electron chi connectivity index (χ4n) is 1.76. The van der Waals surface area contributed by atoms with Crippen LogP contribution in [0.2, 0.25) is 0 Å². The maximum atomic E-state index is 5.39. The van der Waals surface area contributed by atoms with Gasteiger partial charge in [0.1, 0.15) is 5.76 Å². The van der Waals surface area contributed by atoms with Crippen LogP contribution < -0.4 is 5.43 Å². The lowest BCUT2D eigenvalue weighted by Gasteiger charge is -2.03. The van der Waals surface area contributed by atoms with Gasteiger partial charge in [0, 0.05) is 11.6 Å². The van der Waals surface area contributed by atoms with Crippen molar-refractivity contribution >= 4 is 45.4 Å². The van der Waals surface area contributed by atoms with E-state index in [0.717, 1.165) is 20.4 Å². The highest BCUT2D eigenvalue weighted by Gasteiger charge is 2.00. The summed E-state index contributed by atoms with van der Waals surface area (Å²) in [5, 5.41) is 5.24. The van der Waals surface area contributed by atoms with Crippen molar-refractivity contribution in [1.82, 2.24) is 4.98 Å². The van der Waals surface area contributed by atoms with Crippen molar-refractivity contribution in [2.24, 2.45) is 5.10 Å². The number of nitrogens with zero attached hydrogens (tertiary/aromatic N) is 2. The van der Waals surface area contributed by atoms with E-state index in [1.807, 2.05) is 42.5 Å². The molecule has 1 N–H and O–H groups in total. The van der Waals surface area contributed by atoms with Crippen molar-refractivity contribution in [3.05, 3.63) is 58.2 Å². The van der Waals surface area contributed by atoms with Crippen molar-refractivity contribution in [2.45, 2.75) is 0 Å². The maximum absolute atomic E-state index is 5.39. The Kier molecular flexibility index (Phi) is 3.45. The number of anilines is 1. The Morgan fingerprint density at radius 2 is 2.05 bits per heavy atom. The molecule has 0 unspecified atom stereocenters. The Bertz CT molecular complexity index is 731. The van der Waals surface area contributed by atoms with Crippen molar-refractivity contribution in [3.63, 3.8) is 0 Å². The fraction of sp³-hybridized carbons (Fsp3) is 0. The van der Waals surface area contributed by atoms with E-state index in [2.05, 4.69) is 38.1 Å². The molecule has 0 amide bonds. The zero-order valence-electron chi connectivity index (χ0n) is 9.88. The Morgan fingerprint density at radius 3 is 2.89 bits per heavy atom. The van der Waals surface area contributed by atoms with E-state index in [1.165, 1.54) is 0 Å². The summed E-state index contributed by atoms with van der Waals surface area (Å²) in [6, 6.07) is 13.6. The number of aromatic nitrogens is 1. The summed E-state index contributed by atoms with van der Waals surface area (Å²) in [6.07, 6.45) is 3.41. The lowest BCUT2D eigenvalue weighted by atomic mass is 10.2. The summed E-state index contributed by atoms with van der Waals surface area (Å²) in [5.41, 5.74) is 4.76. The first-order chi connectivity index (χ1) is 9.33. The lowest BCUT2D eigenvalue weighted by molar-refractivity contribution is 0.531. The molecule has 0 saturated heterocycles. The van der Waals surface area contributed by atoms with Gasteiger partial charge in [-0.25, -0.2) is 0 Å². The number of pyridine rings is 1. The number of hydrogen-bond donors (Lipinski definition) is 1. The Balaban J connectivity index is 1.84. The first-order valence-electron chi connectivity index (χ1n) is 5.71. The summed E-state index contributed by atoms with van der Waals surface area (Å²) >= 11 is 2.12. The Morgan fingerprint density at radius 1 is 1.16 bits per heavy atom. The molecule has 0 aliphatic carbocycles. The summed E-state index contributed by atoms with van der Waals surface area (Å²) in [5.74, 6) is 0.713. The number of furan rings is 1. The SMILES string of the molecule is Ic1ccc(C=NNc2cccc3cccnc23)o1. The molecule has 0 bridgehead atoms. The monoisotopic (exact) mass is 363 g/mol. The molecule has 2 heterocycles. The predicted molar refractivity (Wildman–Crippen MR) is 84.4 cm³/mol. The molecule has 94 valence electrons. The van der Waals surface area contributed by atoms with Crippen molar-refractivity contribution in [3.8, 4) is 0 Å². The van der Waals surface area contributed by atoms with Gasteiger partial charge in [-0.15, -0.1) is 0 Å². The molecular formula is C14H10IN3O. The van der Waals surface area contributed by atoms with E-state index in [9.17, 15) is 0 Å². The number of rotatable bonds is 3. The maximum Gasteiger partial charge on any atom is 0.164 e. The average Bonchev–Trinajstić information content (AvgIpc) is 2.85. The van der Waals surface area contributed by atoms with Crippen LogP contribution in [0.25, 0.3) is 10.9 Å². The van der Waals surface area contributed by atoms with E-state index in [0.29, 0.717) is 5.76 Å². The minimum absolute atomic E-state index is 0.713. The van der Waals surface area contributed by atoms with Gasteiger partial charge in [-0.3, -0.25) is 10.4 Å². The number of hydrogen-bond acceptors (Lipinski definition) is 4. The number of benzene rings is 1. The molecule has 0 saturated carbocycles. The highest BCUT2D eigenvalue weighted by Crippen LogP contribution is 2.20. The first-order valence-corrected chi connectivity index (χ1v) is 6.79. The van der Waals surface area contributed by atoms with Gasteiger partial charge in [0.15, 0.2) is 3.77 Å². The number of fused-ring (bicyclic) bond motifs is 1. The summed E-state index contributed by atoms with van der Waals surface area (Å²) in [7, 11) is 0. The molecule has 0 aliphatic heterocycles.